The van der Waals surface area contributed by atoms with E-state index in [0.717, 1.165) is 167 Å². The fraction of sp³-hybridized carbons (Fsp3) is 0.581. The number of carbonyl (C=O) groups is 3. The first-order valence-corrected chi connectivity index (χ1v) is 32.1. The topological polar surface area (TPSA) is 78.9 Å². The Balaban J connectivity index is 4.35. The van der Waals surface area contributed by atoms with E-state index in [2.05, 4.69) is 191 Å². The maximum atomic E-state index is 12.9. The van der Waals surface area contributed by atoms with Gasteiger partial charge in [-0.1, -0.05) is 274 Å². The molecule has 6 nitrogen and oxygen atoms in total. The summed E-state index contributed by atoms with van der Waals surface area (Å²) in [5, 5.41) is 0. The minimum Gasteiger partial charge on any atom is -0.462 e. The summed E-state index contributed by atoms with van der Waals surface area (Å²) >= 11 is 0. The van der Waals surface area contributed by atoms with Crippen LogP contribution in [0.15, 0.2) is 170 Å². The molecule has 0 bridgehead atoms. The molecule has 0 aromatic heterocycles. The van der Waals surface area contributed by atoms with Crippen molar-refractivity contribution in [3.8, 4) is 0 Å². The molecule has 1 unspecified atom stereocenters. The van der Waals surface area contributed by atoms with E-state index in [4.69, 9.17) is 14.2 Å². The SMILES string of the molecule is CC/C=C\C/C=C\C/C=C\C/C=C\C/C=C\C/C=C\C/C=C\C/C=C\C/C=C\CCCCCCCC(=O)OCC(COC(=O)CCCCCCCCCCCC)OC(=O)CCCCC/C=C\C/C=C\C/C=C\C/C=C\C/C=C\CC. The van der Waals surface area contributed by atoms with Gasteiger partial charge in [-0.2, -0.15) is 0 Å². The van der Waals surface area contributed by atoms with Crippen LogP contribution < -0.4 is 0 Å². The van der Waals surface area contributed by atoms with Crippen molar-refractivity contribution in [2.45, 2.75) is 264 Å². The highest BCUT2D eigenvalue weighted by molar-refractivity contribution is 5.71. The number of ether oxygens (including phenoxy) is 3. The van der Waals surface area contributed by atoms with Gasteiger partial charge in [-0.05, 0) is 135 Å². The van der Waals surface area contributed by atoms with Crippen molar-refractivity contribution in [3.05, 3.63) is 170 Å². The zero-order valence-electron chi connectivity index (χ0n) is 51.3. The predicted octanol–water partition coefficient (Wildman–Crippen LogP) is 22.3. The number of hydrogen-bond acceptors (Lipinski definition) is 6. The first-order valence-electron chi connectivity index (χ1n) is 32.1. The summed E-state index contributed by atoms with van der Waals surface area (Å²) in [4.78, 5) is 38.2. The fourth-order valence-electron chi connectivity index (χ4n) is 8.23. The second kappa shape index (κ2) is 66.3. The van der Waals surface area contributed by atoms with Crippen LogP contribution in [-0.2, 0) is 28.6 Å². The molecule has 0 aromatic carbocycles. The van der Waals surface area contributed by atoms with Crippen molar-refractivity contribution < 1.29 is 28.6 Å². The predicted molar refractivity (Wildman–Crippen MR) is 348 cm³/mol. The molecule has 80 heavy (non-hydrogen) atoms. The van der Waals surface area contributed by atoms with E-state index >= 15 is 0 Å². The molecule has 0 radical (unpaired) electrons. The summed E-state index contributed by atoms with van der Waals surface area (Å²) in [7, 11) is 0. The van der Waals surface area contributed by atoms with E-state index in [9.17, 15) is 14.4 Å². The summed E-state index contributed by atoms with van der Waals surface area (Å²) in [5.74, 6) is -0.963. The third kappa shape index (κ3) is 63.6. The van der Waals surface area contributed by atoms with Gasteiger partial charge in [0.25, 0.3) is 0 Å². The third-order valence-electron chi connectivity index (χ3n) is 13.0. The lowest BCUT2D eigenvalue weighted by molar-refractivity contribution is -0.167. The molecule has 0 N–H and O–H groups in total. The first kappa shape index (κ1) is 74.8. The molecule has 0 spiro atoms. The van der Waals surface area contributed by atoms with Crippen LogP contribution in [0.2, 0.25) is 0 Å². The summed E-state index contributed by atoms with van der Waals surface area (Å²) in [6, 6.07) is 0. The molecule has 6 heteroatoms. The van der Waals surface area contributed by atoms with Crippen LogP contribution >= 0.6 is 0 Å². The van der Waals surface area contributed by atoms with Gasteiger partial charge < -0.3 is 14.2 Å². The first-order chi connectivity index (χ1) is 39.5. The number of esters is 3. The van der Waals surface area contributed by atoms with Gasteiger partial charge in [-0.15, -0.1) is 0 Å². The summed E-state index contributed by atoms with van der Waals surface area (Å²) in [6.07, 6.45) is 97.9. The lowest BCUT2D eigenvalue weighted by Crippen LogP contribution is -2.30. The number of hydrogen-bond donors (Lipinski definition) is 0. The minimum absolute atomic E-state index is 0.103. The van der Waals surface area contributed by atoms with Gasteiger partial charge in [0.05, 0.1) is 0 Å². The normalized spacial score (nSPS) is 13.3. The van der Waals surface area contributed by atoms with Gasteiger partial charge in [-0.25, -0.2) is 0 Å². The smallest absolute Gasteiger partial charge is 0.306 e. The quantitative estimate of drug-likeness (QED) is 0.0261. The van der Waals surface area contributed by atoms with Gasteiger partial charge in [-0.3, -0.25) is 14.4 Å². The van der Waals surface area contributed by atoms with Crippen LogP contribution in [0.5, 0.6) is 0 Å². The highest BCUT2D eigenvalue weighted by Crippen LogP contribution is 2.14. The van der Waals surface area contributed by atoms with Crippen molar-refractivity contribution in [2.24, 2.45) is 0 Å². The van der Waals surface area contributed by atoms with E-state index in [1.807, 2.05) is 0 Å². The van der Waals surface area contributed by atoms with Crippen LogP contribution in [0.1, 0.15) is 258 Å². The Labute approximate surface area is 492 Å². The third-order valence-corrected chi connectivity index (χ3v) is 13.0. The number of rotatable bonds is 56. The molecule has 0 aliphatic carbocycles. The van der Waals surface area contributed by atoms with E-state index in [-0.39, 0.29) is 37.5 Å². The van der Waals surface area contributed by atoms with Gasteiger partial charge in [0.2, 0.25) is 0 Å². The van der Waals surface area contributed by atoms with E-state index in [1.54, 1.807) is 0 Å². The van der Waals surface area contributed by atoms with Gasteiger partial charge in [0.15, 0.2) is 6.10 Å². The van der Waals surface area contributed by atoms with Crippen LogP contribution in [0.25, 0.3) is 0 Å². The number of carbonyl (C=O) groups excluding carboxylic acids is 3. The second-order valence-electron chi connectivity index (χ2n) is 20.6. The zero-order valence-corrected chi connectivity index (χ0v) is 51.3. The molecular formula is C74H116O6. The Morgan fingerprint density at radius 3 is 0.775 bits per heavy atom. The summed E-state index contributed by atoms with van der Waals surface area (Å²) < 4.78 is 16.8. The van der Waals surface area contributed by atoms with Crippen LogP contribution in [0.4, 0.5) is 0 Å². The molecule has 0 saturated carbocycles. The van der Waals surface area contributed by atoms with Crippen LogP contribution in [0, 0.1) is 0 Å². The van der Waals surface area contributed by atoms with E-state index in [1.165, 1.54) is 44.9 Å². The molecular weight excluding hydrogens is 985 g/mol. The molecule has 0 aromatic rings. The average Bonchev–Trinajstić information content (AvgIpc) is 3.46. The molecule has 1 atom stereocenters. The maximum Gasteiger partial charge on any atom is 0.306 e. The monoisotopic (exact) mass is 1100 g/mol. The van der Waals surface area contributed by atoms with E-state index in [0.29, 0.717) is 19.3 Å². The van der Waals surface area contributed by atoms with Crippen molar-refractivity contribution in [2.75, 3.05) is 13.2 Å². The minimum atomic E-state index is -0.811. The van der Waals surface area contributed by atoms with Gasteiger partial charge in [0, 0.05) is 19.3 Å². The van der Waals surface area contributed by atoms with E-state index < -0.39 is 6.10 Å². The molecule has 0 aliphatic rings. The largest absolute Gasteiger partial charge is 0.462 e. The fourth-order valence-corrected chi connectivity index (χ4v) is 8.23. The Kier molecular flexibility index (Phi) is 61.9. The average molecular weight is 1100 g/mol. The molecule has 0 amide bonds. The number of allylic oxidation sites excluding steroid dienone is 28. The second-order valence-corrected chi connectivity index (χ2v) is 20.6. The molecule has 0 rings (SSSR count). The Hall–Kier alpha value is -5.23. The molecule has 0 saturated heterocycles. The standard InChI is InChI=1S/C74H116O6/c1-4-7-10-13-16-19-22-24-26-28-30-31-32-33-34-35-36-37-38-39-40-41-42-43-45-46-48-50-52-55-58-61-64-67-73(76)79-70-71(69-78-72(75)66-63-60-57-54-21-18-15-12-9-6-3)80-74(77)68-65-62-59-56-53-51-49-47-44-29-27-25-23-20-17-14-11-8-5-2/h7-8,10-11,16-17,19-20,24-27,30-31,33-34,36-37,39-40,42-44,46-48,51,53,71H,4-6,9,12-15,18,21-23,28-29,32,35,38,41,45,49-50,52,54-70H2,1-3H3/b10-7-,11-8-,19-16-,20-17-,26-24-,27-25-,31-30-,34-33-,37-36-,40-39-,43-42-,47-44-,48-46-,53-51-. The molecule has 448 valence electrons. The lowest BCUT2D eigenvalue weighted by Gasteiger charge is -2.18. The Morgan fingerprint density at radius 1 is 0.263 bits per heavy atom. The maximum absolute atomic E-state index is 12.9. The lowest BCUT2D eigenvalue weighted by atomic mass is 10.1. The van der Waals surface area contributed by atoms with Crippen LogP contribution in [0.3, 0.4) is 0 Å². The van der Waals surface area contributed by atoms with Gasteiger partial charge in [0.1, 0.15) is 13.2 Å². The van der Waals surface area contributed by atoms with Crippen molar-refractivity contribution in [1.29, 1.82) is 0 Å². The highest BCUT2D eigenvalue weighted by Gasteiger charge is 2.19. The molecule has 0 heterocycles. The summed E-state index contributed by atoms with van der Waals surface area (Å²) in [6.45, 7) is 6.35. The Morgan fingerprint density at radius 2 is 0.487 bits per heavy atom. The highest BCUT2D eigenvalue weighted by atomic mass is 16.6. The Bertz CT molecular complexity index is 1840. The van der Waals surface area contributed by atoms with Crippen LogP contribution in [-0.4, -0.2) is 37.2 Å². The van der Waals surface area contributed by atoms with Crippen molar-refractivity contribution in [3.63, 3.8) is 0 Å². The van der Waals surface area contributed by atoms with Gasteiger partial charge >= 0.3 is 17.9 Å². The zero-order chi connectivity index (χ0) is 57.8. The molecule has 0 aliphatic heterocycles. The van der Waals surface area contributed by atoms with Crippen molar-refractivity contribution in [1.82, 2.24) is 0 Å². The summed E-state index contributed by atoms with van der Waals surface area (Å²) in [5.41, 5.74) is 0. The van der Waals surface area contributed by atoms with Crippen molar-refractivity contribution >= 4 is 17.9 Å². The molecule has 0 fully saturated rings. The number of unbranched alkanes of at least 4 members (excludes halogenated alkanes) is 17.